The van der Waals surface area contributed by atoms with Gasteiger partial charge in [0.25, 0.3) is 0 Å². The van der Waals surface area contributed by atoms with E-state index in [1.54, 1.807) is 0 Å². The molecular formula is C23H22N2+2. The third-order valence-corrected chi connectivity index (χ3v) is 4.92. The van der Waals surface area contributed by atoms with Crippen LogP contribution in [0.2, 0.25) is 0 Å². The van der Waals surface area contributed by atoms with Crippen molar-refractivity contribution in [3.63, 3.8) is 0 Å². The third-order valence-electron chi connectivity index (χ3n) is 4.92. The lowest BCUT2D eigenvalue weighted by Crippen LogP contribution is -2.35. The summed E-state index contributed by atoms with van der Waals surface area (Å²) in [6.07, 6.45) is 4.25. The van der Waals surface area contributed by atoms with Crippen LogP contribution in [0.3, 0.4) is 0 Å². The summed E-state index contributed by atoms with van der Waals surface area (Å²) in [5.41, 5.74) is 6.28. The van der Waals surface area contributed by atoms with Gasteiger partial charge in [-0.1, -0.05) is 30.3 Å². The number of hydrogen-bond donors (Lipinski definition) is 0. The van der Waals surface area contributed by atoms with Crippen LogP contribution in [-0.2, 0) is 7.05 Å². The van der Waals surface area contributed by atoms with Crippen molar-refractivity contribution < 1.29 is 9.13 Å². The maximum Gasteiger partial charge on any atom is 0.215 e. The molecule has 4 aromatic rings. The zero-order valence-corrected chi connectivity index (χ0v) is 14.9. The average Bonchev–Trinajstić information content (AvgIpc) is 2.63. The quantitative estimate of drug-likeness (QED) is 0.487. The molecule has 0 aliphatic heterocycles. The first-order valence-electron chi connectivity index (χ1n) is 8.62. The van der Waals surface area contributed by atoms with Crippen LogP contribution >= 0.6 is 0 Å². The molecule has 122 valence electrons. The van der Waals surface area contributed by atoms with Gasteiger partial charge < -0.3 is 0 Å². The Kier molecular flexibility index (Phi) is 3.81. The van der Waals surface area contributed by atoms with Crippen LogP contribution < -0.4 is 9.13 Å². The summed E-state index contributed by atoms with van der Waals surface area (Å²) in [4.78, 5) is 0. The fourth-order valence-corrected chi connectivity index (χ4v) is 3.60. The predicted molar refractivity (Wildman–Crippen MR) is 102 cm³/mol. The number of aryl methyl sites for hydroxylation is 2. The van der Waals surface area contributed by atoms with Crippen LogP contribution in [-0.4, -0.2) is 0 Å². The Bertz CT molecular complexity index is 1080. The summed E-state index contributed by atoms with van der Waals surface area (Å²) >= 11 is 0. The molecule has 0 fully saturated rings. The second-order valence-corrected chi connectivity index (χ2v) is 6.53. The number of fused-ring (bicyclic) bond motifs is 1. The molecule has 2 nitrogen and oxygen atoms in total. The fourth-order valence-electron chi connectivity index (χ4n) is 3.60. The zero-order chi connectivity index (χ0) is 17.4. The molecule has 25 heavy (non-hydrogen) atoms. The molecular weight excluding hydrogens is 304 g/mol. The van der Waals surface area contributed by atoms with E-state index < -0.39 is 0 Å². The van der Waals surface area contributed by atoms with Crippen molar-refractivity contribution in [3.05, 3.63) is 90.4 Å². The van der Waals surface area contributed by atoms with Gasteiger partial charge in [-0.3, -0.25) is 0 Å². The lowest BCUT2D eigenvalue weighted by atomic mass is 9.94. The standard InChI is InChI=1S/C23H22N2/c1-17-10-6-9-15-25(17)22-16-19-11-4-5-12-20(19)23(18(22)2)21-13-7-8-14-24(21)3/h4-16H,1-3H3/q+2. The molecule has 0 bridgehead atoms. The van der Waals surface area contributed by atoms with E-state index in [-0.39, 0.29) is 0 Å². The molecule has 0 amide bonds. The van der Waals surface area contributed by atoms with Crippen LogP contribution in [0.4, 0.5) is 0 Å². The van der Waals surface area contributed by atoms with E-state index in [9.17, 15) is 0 Å². The molecule has 0 atom stereocenters. The topological polar surface area (TPSA) is 7.76 Å². The van der Waals surface area contributed by atoms with Gasteiger partial charge in [0, 0.05) is 42.8 Å². The van der Waals surface area contributed by atoms with Crippen molar-refractivity contribution in [3.8, 4) is 16.9 Å². The van der Waals surface area contributed by atoms with Crippen molar-refractivity contribution in [2.75, 3.05) is 0 Å². The fraction of sp³-hybridized carbons (Fsp3) is 0.130. The lowest BCUT2D eigenvalue weighted by molar-refractivity contribution is -0.660. The van der Waals surface area contributed by atoms with Gasteiger partial charge in [-0.15, -0.1) is 0 Å². The van der Waals surface area contributed by atoms with Crippen LogP contribution in [0, 0.1) is 13.8 Å². The molecule has 0 aliphatic rings. The van der Waals surface area contributed by atoms with E-state index in [0.717, 1.165) is 0 Å². The van der Waals surface area contributed by atoms with Crippen LogP contribution in [0.25, 0.3) is 27.7 Å². The van der Waals surface area contributed by atoms with Gasteiger partial charge in [-0.05, 0) is 23.8 Å². The van der Waals surface area contributed by atoms with Crippen molar-refractivity contribution in [1.29, 1.82) is 0 Å². The normalized spacial score (nSPS) is 11.0. The molecule has 0 spiro atoms. The molecule has 2 aromatic heterocycles. The predicted octanol–water partition coefficient (Wildman–Crippen LogP) is 4.22. The highest BCUT2D eigenvalue weighted by Crippen LogP contribution is 2.32. The van der Waals surface area contributed by atoms with Crippen molar-refractivity contribution in [2.45, 2.75) is 13.8 Å². The van der Waals surface area contributed by atoms with E-state index in [1.165, 1.54) is 39.0 Å². The summed E-state index contributed by atoms with van der Waals surface area (Å²) in [7, 11) is 2.11. The summed E-state index contributed by atoms with van der Waals surface area (Å²) in [5.74, 6) is 0. The van der Waals surface area contributed by atoms with E-state index in [4.69, 9.17) is 0 Å². The molecule has 4 rings (SSSR count). The Labute approximate surface area is 148 Å². The average molecular weight is 326 g/mol. The van der Waals surface area contributed by atoms with Gasteiger partial charge >= 0.3 is 0 Å². The second kappa shape index (κ2) is 6.14. The Hall–Kier alpha value is -3.00. The molecule has 2 aromatic carbocycles. The molecule has 2 heterocycles. The molecule has 0 radical (unpaired) electrons. The van der Waals surface area contributed by atoms with Gasteiger partial charge in [0.1, 0.15) is 7.05 Å². The third kappa shape index (κ3) is 2.60. The first-order valence-corrected chi connectivity index (χ1v) is 8.62. The van der Waals surface area contributed by atoms with Crippen LogP contribution in [0.15, 0.2) is 79.1 Å². The summed E-state index contributed by atoms with van der Waals surface area (Å²) in [6.45, 7) is 4.38. The molecule has 0 aliphatic carbocycles. The largest absolute Gasteiger partial charge is 0.215 e. The first kappa shape index (κ1) is 15.5. The van der Waals surface area contributed by atoms with E-state index in [2.05, 4.69) is 109 Å². The maximum absolute atomic E-state index is 2.30. The Balaban J connectivity index is 2.13. The Morgan fingerprint density at radius 3 is 2.28 bits per heavy atom. The highest BCUT2D eigenvalue weighted by molar-refractivity contribution is 5.98. The van der Waals surface area contributed by atoms with Crippen molar-refractivity contribution in [1.82, 2.24) is 0 Å². The highest BCUT2D eigenvalue weighted by Gasteiger charge is 2.23. The van der Waals surface area contributed by atoms with E-state index in [1.807, 2.05) is 0 Å². The maximum atomic E-state index is 2.30. The van der Waals surface area contributed by atoms with Crippen molar-refractivity contribution in [2.24, 2.45) is 7.05 Å². The molecule has 0 unspecified atom stereocenters. The second-order valence-electron chi connectivity index (χ2n) is 6.53. The summed E-state index contributed by atoms with van der Waals surface area (Å²) in [6, 6.07) is 23.6. The summed E-state index contributed by atoms with van der Waals surface area (Å²) < 4.78 is 4.47. The van der Waals surface area contributed by atoms with Crippen LogP contribution in [0.5, 0.6) is 0 Å². The number of nitrogens with zero attached hydrogens (tertiary/aromatic N) is 2. The number of benzene rings is 2. The monoisotopic (exact) mass is 326 g/mol. The molecule has 0 N–H and O–H groups in total. The minimum absolute atomic E-state index is 1.23. The van der Waals surface area contributed by atoms with Crippen molar-refractivity contribution >= 4 is 10.8 Å². The van der Waals surface area contributed by atoms with Gasteiger partial charge in [0.05, 0.1) is 5.56 Å². The van der Waals surface area contributed by atoms with Gasteiger partial charge in [-0.25, -0.2) is 4.57 Å². The van der Waals surface area contributed by atoms with Gasteiger partial charge in [0.15, 0.2) is 18.1 Å². The SMILES string of the molecule is Cc1c(-[n+]2ccccc2C)cc2ccccc2c1-c1cccc[n+]1C. The van der Waals surface area contributed by atoms with E-state index >= 15 is 0 Å². The number of rotatable bonds is 2. The molecule has 0 saturated heterocycles. The number of hydrogen-bond acceptors (Lipinski definition) is 0. The summed E-state index contributed by atoms with van der Waals surface area (Å²) in [5, 5.41) is 2.55. The smallest absolute Gasteiger partial charge is 0.201 e. The van der Waals surface area contributed by atoms with Gasteiger partial charge in [0.2, 0.25) is 11.4 Å². The zero-order valence-electron chi connectivity index (χ0n) is 14.9. The highest BCUT2D eigenvalue weighted by atomic mass is 15.0. The number of aromatic nitrogens is 2. The minimum atomic E-state index is 1.23. The Morgan fingerprint density at radius 1 is 0.760 bits per heavy atom. The number of pyridine rings is 2. The Morgan fingerprint density at radius 2 is 1.48 bits per heavy atom. The van der Waals surface area contributed by atoms with Crippen LogP contribution in [0.1, 0.15) is 11.3 Å². The molecule has 2 heteroatoms. The van der Waals surface area contributed by atoms with E-state index in [0.29, 0.717) is 0 Å². The lowest BCUT2D eigenvalue weighted by Gasteiger charge is -2.11. The molecule has 0 saturated carbocycles. The first-order chi connectivity index (χ1) is 12.2. The van der Waals surface area contributed by atoms with Gasteiger partial charge in [-0.2, -0.15) is 4.57 Å². The minimum Gasteiger partial charge on any atom is -0.201 e.